The number of nitrogens with one attached hydrogen (secondary N) is 1. The Morgan fingerprint density at radius 3 is 2.71 bits per heavy atom. The first-order valence-electron chi connectivity index (χ1n) is 9.65. The molecule has 0 fully saturated rings. The van der Waals surface area contributed by atoms with E-state index >= 15 is 0 Å². The van der Waals surface area contributed by atoms with Crippen LogP contribution in [-0.2, 0) is 13.0 Å². The van der Waals surface area contributed by atoms with Gasteiger partial charge in [0.1, 0.15) is 11.6 Å². The maximum atomic E-state index is 14.3. The summed E-state index contributed by atoms with van der Waals surface area (Å²) >= 11 is 0. The SMILES string of the molecule is COc1ccc(CNC2CC(C)(C)Cc3c2cnn3-c2ccccc2)c(F)c1. The summed E-state index contributed by atoms with van der Waals surface area (Å²) in [6.45, 7) is 5.02. The van der Waals surface area contributed by atoms with E-state index in [1.807, 2.05) is 29.1 Å². The standard InChI is InChI=1S/C23H26FN3O/c1-23(2)12-21(25-14-16-9-10-18(28-3)11-20(16)24)19-15-26-27(22(19)13-23)17-7-5-4-6-8-17/h4-11,15,21,25H,12-14H2,1-3H3. The molecular weight excluding hydrogens is 353 g/mol. The van der Waals surface area contributed by atoms with Crippen LogP contribution in [0.2, 0.25) is 0 Å². The maximum absolute atomic E-state index is 14.3. The third-order valence-electron chi connectivity index (χ3n) is 5.48. The minimum Gasteiger partial charge on any atom is -0.497 e. The van der Waals surface area contributed by atoms with E-state index in [2.05, 4.69) is 36.4 Å². The van der Waals surface area contributed by atoms with E-state index in [1.165, 1.54) is 17.3 Å². The summed E-state index contributed by atoms with van der Waals surface area (Å²) < 4.78 is 21.5. The zero-order valence-corrected chi connectivity index (χ0v) is 16.6. The van der Waals surface area contributed by atoms with Gasteiger partial charge >= 0.3 is 0 Å². The van der Waals surface area contributed by atoms with Crippen LogP contribution < -0.4 is 10.1 Å². The molecule has 28 heavy (non-hydrogen) atoms. The summed E-state index contributed by atoms with van der Waals surface area (Å²) in [5, 5.41) is 8.22. The van der Waals surface area contributed by atoms with Crippen molar-refractivity contribution in [2.75, 3.05) is 7.11 Å². The number of fused-ring (bicyclic) bond motifs is 1. The van der Waals surface area contributed by atoms with Gasteiger partial charge in [-0.25, -0.2) is 9.07 Å². The van der Waals surface area contributed by atoms with Gasteiger partial charge in [-0.1, -0.05) is 38.1 Å². The number of hydrogen-bond donors (Lipinski definition) is 1. The first-order chi connectivity index (χ1) is 13.5. The number of hydrogen-bond acceptors (Lipinski definition) is 3. The summed E-state index contributed by atoms with van der Waals surface area (Å²) in [7, 11) is 1.54. The van der Waals surface area contributed by atoms with Gasteiger partial charge in [-0.3, -0.25) is 0 Å². The first-order valence-corrected chi connectivity index (χ1v) is 9.65. The average Bonchev–Trinajstić information content (AvgIpc) is 3.10. The van der Waals surface area contributed by atoms with Gasteiger partial charge in [0.2, 0.25) is 0 Å². The van der Waals surface area contributed by atoms with Gasteiger partial charge in [0, 0.05) is 35.5 Å². The molecule has 1 N–H and O–H groups in total. The van der Waals surface area contributed by atoms with E-state index in [0.29, 0.717) is 17.9 Å². The minimum absolute atomic E-state index is 0.135. The van der Waals surface area contributed by atoms with Crippen molar-refractivity contribution < 1.29 is 9.13 Å². The average molecular weight is 379 g/mol. The summed E-state index contributed by atoms with van der Waals surface area (Å²) in [5.41, 5.74) is 4.28. The van der Waals surface area contributed by atoms with Crippen LogP contribution in [0.15, 0.2) is 54.7 Å². The molecule has 1 heterocycles. The van der Waals surface area contributed by atoms with E-state index in [4.69, 9.17) is 4.74 Å². The summed E-state index contributed by atoms with van der Waals surface area (Å²) in [5.74, 6) is 0.286. The highest BCUT2D eigenvalue weighted by atomic mass is 19.1. The van der Waals surface area contributed by atoms with Crippen LogP contribution in [-0.4, -0.2) is 16.9 Å². The van der Waals surface area contributed by atoms with E-state index in [9.17, 15) is 4.39 Å². The lowest BCUT2D eigenvalue weighted by Gasteiger charge is -2.36. The molecule has 4 nitrogen and oxygen atoms in total. The summed E-state index contributed by atoms with van der Waals surface area (Å²) in [6.07, 6.45) is 3.91. The molecule has 5 heteroatoms. The predicted octanol–water partition coefficient (Wildman–Crippen LogP) is 4.82. The van der Waals surface area contributed by atoms with Crippen LogP contribution in [0.25, 0.3) is 5.69 Å². The lowest BCUT2D eigenvalue weighted by Crippen LogP contribution is -2.33. The van der Waals surface area contributed by atoms with Crippen LogP contribution in [0.5, 0.6) is 5.75 Å². The van der Waals surface area contributed by atoms with Crippen LogP contribution in [0, 0.1) is 11.2 Å². The largest absolute Gasteiger partial charge is 0.497 e. The van der Waals surface area contributed by atoms with Crippen molar-refractivity contribution >= 4 is 0 Å². The summed E-state index contributed by atoms with van der Waals surface area (Å²) in [6, 6.07) is 15.4. The van der Waals surface area contributed by atoms with Gasteiger partial charge < -0.3 is 10.1 Å². The maximum Gasteiger partial charge on any atom is 0.131 e. The lowest BCUT2D eigenvalue weighted by molar-refractivity contribution is 0.252. The zero-order chi connectivity index (χ0) is 19.7. The Morgan fingerprint density at radius 1 is 1.21 bits per heavy atom. The van der Waals surface area contributed by atoms with E-state index < -0.39 is 0 Å². The van der Waals surface area contributed by atoms with E-state index in [1.54, 1.807) is 19.2 Å². The molecule has 4 rings (SSSR count). The van der Waals surface area contributed by atoms with Crippen LogP contribution in [0.4, 0.5) is 4.39 Å². The molecule has 0 aliphatic heterocycles. The number of rotatable bonds is 5. The second-order valence-electron chi connectivity index (χ2n) is 8.23. The molecular formula is C23H26FN3O. The monoisotopic (exact) mass is 379 g/mol. The molecule has 1 aliphatic carbocycles. The van der Waals surface area contributed by atoms with Crippen molar-refractivity contribution in [2.45, 2.75) is 39.3 Å². The highest BCUT2D eigenvalue weighted by molar-refractivity contribution is 5.38. The van der Waals surface area contributed by atoms with Crippen LogP contribution in [0.3, 0.4) is 0 Å². The van der Waals surface area contributed by atoms with Crippen molar-refractivity contribution in [2.24, 2.45) is 5.41 Å². The topological polar surface area (TPSA) is 39.1 Å². The molecule has 1 aromatic heterocycles. The minimum atomic E-state index is -0.248. The van der Waals surface area contributed by atoms with Gasteiger partial charge in [0.25, 0.3) is 0 Å². The normalized spacial score (nSPS) is 17.9. The van der Waals surface area contributed by atoms with Gasteiger partial charge in [0.15, 0.2) is 0 Å². The Hall–Kier alpha value is -2.66. The highest BCUT2D eigenvalue weighted by Crippen LogP contribution is 2.41. The number of aromatic nitrogens is 2. The summed E-state index contributed by atoms with van der Waals surface area (Å²) in [4.78, 5) is 0. The molecule has 0 saturated heterocycles. The number of halogens is 1. The zero-order valence-electron chi connectivity index (χ0n) is 16.6. The molecule has 1 unspecified atom stereocenters. The quantitative estimate of drug-likeness (QED) is 0.691. The lowest BCUT2D eigenvalue weighted by atomic mass is 9.74. The van der Waals surface area contributed by atoms with Crippen LogP contribution >= 0.6 is 0 Å². The van der Waals surface area contributed by atoms with Gasteiger partial charge in [0.05, 0.1) is 19.0 Å². The Balaban J connectivity index is 1.60. The molecule has 0 radical (unpaired) electrons. The molecule has 146 valence electrons. The number of nitrogens with zero attached hydrogens (tertiary/aromatic N) is 2. The van der Waals surface area contributed by atoms with Gasteiger partial charge in [-0.05, 0) is 36.5 Å². The van der Waals surface area contributed by atoms with Gasteiger partial charge in [-0.2, -0.15) is 5.10 Å². The fraction of sp³-hybridized carbons (Fsp3) is 0.348. The Labute approximate surface area is 165 Å². The molecule has 0 saturated carbocycles. The molecule has 1 aliphatic rings. The van der Waals surface area contributed by atoms with Crippen molar-refractivity contribution in [3.05, 3.63) is 77.4 Å². The third-order valence-corrected chi connectivity index (χ3v) is 5.48. The number of ether oxygens (including phenoxy) is 1. The number of para-hydroxylation sites is 1. The second kappa shape index (κ2) is 7.40. The van der Waals surface area contributed by atoms with Gasteiger partial charge in [-0.15, -0.1) is 0 Å². The molecule has 0 bridgehead atoms. The molecule has 1 atom stereocenters. The predicted molar refractivity (Wildman–Crippen MR) is 108 cm³/mol. The Morgan fingerprint density at radius 2 is 2.00 bits per heavy atom. The first kappa shape index (κ1) is 18.7. The number of benzene rings is 2. The van der Waals surface area contributed by atoms with E-state index in [-0.39, 0.29) is 17.3 Å². The smallest absolute Gasteiger partial charge is 0.131 e. The Kier molecular flexibility index (Phi) is 4.94. The van der Waals surface area contributed by atoms with Crippen molar-refractivity contribution in [1.82, 2.24) is 15.1 Å². The highest BCUT2D eigenvalue weighted by Gasteiger charge is 2.35. The Bertz CT molecular complexity index is 965. The molecule has 3 aromatic rings. The molecule has 2 aromatic carbocycles. The number of methoxy groups -OCH3 is 1. The van der Waals surface area contributed by atoms with E-state index in [0.717, 1.165) is 18.5 Å². The fourth-order valence-corrected chi connectivity index (χ4v) is 4.05. The fourth-order valence-electron chi connectivity index (χ4n) is 4.05. The van der Waals surface area contributed by atoms with Crippen molar-refractivity contribution in [3.8, 4) is 11.4 Å². The second-order valence-corrected chi connectivity index (χ2v) is 8.23. The molecule has 0 amide bonds. The van der Waals surface area contributed by atoms with Crippen LogP contribution in [0.1, 0.15) is 43.1 Å². The van der Waals surface area contributed by atoms with Crippen molar-refractivity contribution in [1.29, 1.82) is 0 Å². The third kappa shape index (κ3) is 3.67. The van der Waals surface area contributed by atoms with Crippen molar-refractivity contribution in [3.63, 3.8) is 0 Å². The molecule has 0 spiro atoms.